The second kappa shape index (κ2) is 7.79. The van der Waals surface area contributed by atoms with Gasteiger partial charge in [0.25, 0.3) is 5.91 Å². The number of rotatable bonds is 7. The Labute approximate surface area is 133 Å². The molecule has 0 heterocycles. The largest absolute Gasteiger partial charge is 0.457 e. The molecule has 7 nitrogen and oxygen atoms in total. The maximum atomic E-state index is 11.8. The summed E-state index contributed by atoms with van der Waals surface area (Å²) in [5.41, 5.74) is 0.0573. The van der Waals surface area contributed by atoms with Crippen molar-refractivity contribution in [3.8, 4) is 11.5 Å². The molecule has 23 heavy (non-hydrogen) atoms. The van der Waals surface area contributed by atoms with E-state index in [0.29, 0.717) is 12.3 Å². The van der Waals surface area contributed by atoms with Gasteiger partial charge in [0, 0.05) is 24.2 Å². The first-order valence-corrected chi connectivity index (χ1v) is 6.99. The number of benzene rings is 2. The Hall–Kier alpha value is -3.09. The maximum Gasteiger partial charge on any atom is 0.311 e. The molecule has 0 bridgehead atoms. The van der Waals surface area contributed by atoms with Crippen LogP contribution in [0.15, 0.2) is 48.5 Å². The van der Waals surface area contributed by atoms with E-state index < -0.39 is 4.92 Å². The highest BCUT2D eigenvalue weighted by Crippen LogP contribution is 2.28. The van der Waals surface area contributed by atoms with Crippen LogP contribution in [0.2, 0.25) is 0 Å². The van der Waals surface area contributed by atoms with Crippen LogP contribution < -0.4 is 14.8 Å². The molecule has 0 spiro atoms. The molecule has 7 heteroatoms. The van der Waals surface area contributed by atoms with Crippen molar-refractivity contribution in [3.63, 3.8) is 0 Å². The van der Waals surface area contributed by atoms with Gasteiger partial charge >= 0.3 is 5.69 Å². The minimum atomic E-state index is -0.570. The highest BCUT2D eigenvalue weighted by Gasteiger charge is 2.18. The number of hydrogen-bond acceptors (Lipinski definition) is 5. The van der Waals surface area contributed by atoms with E-state index in [0.717, 1.165) is 0 Å². The molecule has 0 atom stereocenters. The topological polar surface area (TPSA) is 90.7 Å². The van der Waals surface area contributed by atoms with E-state index in [4.69, 9.17) is 9.47 Å². The summed E-state index contributed by atoms with van der Waals surface area (Å²) in [6, 6.07) is 12.9. The Bertz CT molecular complexity index is 688. The number of carbonyl (C=O) groups is 1. The Balaban J connectivity index is 2.12. The van der Waals surface area contributed by atoms with Crippen LogP contribution in [0, 0.1) is 10.1 Å². The van der Waals surface area contributed by atoms with Crippen molar-refractivity contribution in [2.24, 2.45) is 0 Å². The average molecular weight is 316 g/mol. The summed E-state index contributed by atoms with van der Waals surface area (Å²) in [6.07, 6.45) is 0. The number of ether oxygens (including phenoxy) is 2. The molecule has 2 aromatic rings. The van der Waals surface area contributed by atoms with Crippen LogP contribution in [-0.2, 0) is 0 Å². The van der Waals surface area contributed by atoms with E-state index in [1.165, 1.54) is 18.2 Å². The normalized spacial score (nSPS) is 9.96. The Morgan fingerprint density at radius 3 is 2.57 bits per heavy atom. The van der Waals surface area contributed by atoms with Gasteiger partial charge in [-0.15, -0.1) is 0 Å². The fourth-order valence-corrected chi connectivity index (χ4v) is 1.86. The van der Waals surface area contributed by atoms with E-state index in [1.807, 2.05) is 6.07 Å². The second-order valence-electron chi connectivity index (χ2n) is 4.52. The van der Waals surface area contributed by atoms with E-state index in [1.54, 1.807) is 31.2 Å². The van der Waals surface area contributed by atoms with Crippen LogP contribution in [0.3, 0.4) is 0 Å². The first-order valence-electron chi connectivity index (χ1n) is 6.99. The molecule has 2 aromatic carbocycles. The molecule has 0 radical (unpaired) electrons. The average Bonchev–Trinajstić information content (AvgIpc) is 2.56. The third-order valence-corrected chi connectivity index (χ3v) is 2.94. The van der Waals surface area contributed by atoms with Gasteiger partial charge in [-0.05, 0) is 25.1 Å². The summed E-state index contributed by atoms with van der Waals surface area (Å²) < 4.78 is 10.7. The van der Waals surface area contributed by atoms with Gasteiger partial charge in [-0.2, -0.15) is 0 Å². The zero-order valence-electron chi connectivity index (χ0n) is 12.5. The lowest BCUT2D eigenvalue weighted by molar-refractivity contribution is -0.386. The summed E-state index contributed by atoms with van der Waals surface area (Å²) >= 11 is 0. The van der Waals surface area contributed by atoms with Gasteiger partial charge in [-0.3, -0.25) is 14.9 Å². The van der Waals surface area contributed by atoms with E-state index in [-0.39, 0.29) is 29.7 Å². The van der Waals surface area contributed by atoms with Crippen molar-refractivity contribution in [2.75, 3.05) is 13.3 Å². The lowest BCUT2D eigenvalue weighted by Gasteiger charge is -2.10. The SMILES string of the molecule is CCNC(=O)c1ccc([N+](=O)[O-])c(OCOc2ccccc2)c1. The van der Waals surface area contributed by atoms with Crippen molar-refractivity contribution in [3.05, 3.63) is 64.2 Å². The molecule has 0 aromatic heterocycles. The standard InChI is InChI=1S/C16H16N2O5/c1-2-17-16(19)12-8-9-14(18(20)21)15(10-12)23-11-22-13-6-4-3-5-7-13/h3-10H,2,11H2,1H3,(H,17,19). The summed E-state index contributed by atoms with van der Waals surface area (Å²) in [5.74, 6) is 0.237. The van der Waals surface area contributed by atoms with E-state index in [2.05, 4.69) is 5.32 Å². The van der Waals surface area contributed by atoms with Crippen molar-refractivity contribution in [2.45, 2.75) is 6.92 Å². The molecule has 120 valence electrons. The fraction of sp³-hybridized carbons (Fsp3) is 0.188. The van der Waals surface area contributed by atoms with Gasteiger partial charge in [-0.25, -0.2) is 0 Å². The summed E-state index contributed by atoms with van der Waals surface area (Å²) in [5, 5.41) is 13.7. The lowest BCUT2D eigenvalue weighted by Crippen LogP contribution is -2.22. The zero-order chi connectivity index (χ0) is 16.7. The molecule has 0 saturated heterocycles. The van der Waals surface area contributed by atoms with Gasteiger partial charge in [0.1, 0.15) is 5.75 Å². The molecule has 0 fully saturated rings. The zero-order valence-corrected chi connectivity index (χ0v) is 12.5. The highest BCUT2D eigenvalue weighted by molar-refractivity contribution is 5.95. The van der Waals surface area contributed by atoms with Crippen molar-refractivity contribution in [1.29, 1.82) is 0 Å². The fourth-order valence-electron chi connectivity index (χ4n) is 1.86. The third kappa shape index (κ3) is 4.44. The number of amides is 1. The maximum absolute atomic E-state index is 11.8. The molecule has 0 aliphatic carbocycles. The van der Waals surface area contributed by atoms with Crippen molar-refractivity contribution < 1.29 is 19.2 Å². The molecular weight excluding hydrogens is 300 g/mol. The van der Waals surface area contributed by atoms with Crippen LogP contribution in [0.25, 0.3) is 0 Å². The highest BCUT2D eigenvalue weighted by atomic mass is 16.7. The Morgan fingerprint density at radius 1 is 1.17 bits per heavy atom. The van der Waals surface area contributed by atoms with Gasteiger partial charge < -0.3 is 14.8 Å². The molecule has 1 amide bonds. The van der Waals surface area contributed by atoms with Crippen LogP contribution >= 0.6 is 0 Å². The number of nitro groups is 1. The monoisotopic (exact) mass is 316 g/mol. The minimum Gasteiger partial charge on any atom is -0.457 e. The van der Waals surface area contributed by atoms with Crippen molar-refractivity contribution >= 4 is 11.6 Å². The molecule has 1 N–H and O–H groups in total. The first kappa shape index (κ1) is 16.3. The van der Waals surface area contributed by atoms with Gasteiger partial charge in [0.15, 0.2) is 0 Å². The van der Waals surface area contributed by atoms with Crippen LogP contribution in [0.5, 0.6) is 11.5 Å². The minimum absolute atomic E-state index is 0.0188. The number of nitro benzene ring substituents is 1. The number of hydrogen-bond donors (Lipinski definition) is 1. The van der Waals surface area contributed by atoms with Gasteiger partial charge in [-0.1, -0.05) is 18.2 Å². The summed E-state index contributed by atoms with van der Waals surface area (Å²) in [4.78, 5) is 22.3. The predicted octanol–water partition coefficient (Wildman–Crippen LogP) is 2.76. The van der Waals surface area contributed by atoms with E-state index in [9.17, 15) is 14.9 Å². The Morgan fingerprint density at radius 2 is 1.91 bits per heavy atom. The smallest absolute Gasteiger partial charge is 0.311 e. The number of carbonyl (C=O) groups excluding carboxylic acids is 1. The summed E-state index contributed by atoms with van der Waals surface area (Å²) in [6.45, 7) is 2.04. The van der Waals surface area contributed by atoms with Gasteiger partial charge in [0.2, 0.25) is 12.5 Å². The van der Waals surface area contributed by atoms with Crippen molar-refractivity contribution in [1.82, 2.24) is 5.32 Å². The van der Waals surface area contributed by atoms with Crippen LogP contribution in [-0.4, -0.2) is 24.2 Å². The molecule has 2 rings (SSSR count). The predicted molar refractivity (Wildman–Crippen MR) is 83.7 cm³/mol. The lowest BCUT2D eigenvalue weighted by atomic mass is 10.2. The molecule has 0 saturated carbocycles. The first-order chi connectivity index (χ1) is 11.1. The van der Waals surface area contributed by atoms with Crippen LogP contribution in [0.1, 0.15) is 17.3 Å². The molecule has 0 unspecified atom stereocenters. The quantitative estimate of drug-likeness (QED) is 0.482. The van der Waals surface area contributed by atoms with E-state index >= 15 is 0 Å². The molecule has 0 aliphatic rings. The van der Waals surface area contributed by atoms with Gasteiger partial charge in [0.05, 0.1) is 4.92 Å². The third-order valence-electron chi connectivity index (χ3n) is 2.94. The second-order valence-corrected chi connectivity index (χ2v) is 4.52. The number of nitrogens with one attached hydrogen (secondary N) is 1. The number of para-hydroxylation sites is 1. The molecular formula is C16H16N2O5. The van der Waals surface area contributed by atoms with Crippen LogP contribution in [0.4, 0.5) is 5.69 Å². The molecule has 0 aliphatic heterocycles. The Kier molecular flexibility index (Phi) is 5.51. The number of nitrogens with zero attached hydrogens (tertiary/aromatic N) is 1. The summed E-state index contributed by atoms with van der Waals surface area (Å²) in [7, 11) is 0.